The number of carbonyl (C=O) groups is 1. The molecule has 3 nitrogen and oxygen atoms in total. The first kappa shape index (κ1) is 13.0. The third-order valence-electron chi connectivity index (χ3n) is 3.13. The van der Waals surface area contributed by atoms with Crippen molar-refractivity contribution in [3.63, 3.8) is 0 Å². The summed E-state index contributed by atoms with van der Waals surface area (Å²) < 4.78 is 13.0. The Morgan fingerprint density at radius 3 is 2.78 bits per heavy atom. The summed E-state index contributed by atoms with van der Waals surface area (Å²) in [6.45, 7) is 5.01. The molecule has 18 heavy (non-hydrogen) atoms. The lowest BCUT2D eigenvalue weighted by atomic mass is 10.1. The van der Waals surface area contributed by atoms with Crippen molar-refractivity contribution >= 4 is 5.91 Å². The minimum atomic E-state index is -0.597. The summed E-state index contributed by atoms with van der Waals surface area (Å²) in [7, 11) is 0. The first-order valence-corrected chi connectivity index (χ1v) is 6.51. The van der Waals surface area contributed by atoms with Crippen LogP contribution < -0.4 is 0 Å². The SMILES string of the molecule is CC(C)CCN(C(=O)c1cccc(F)n1)C1CC1. The lowest BCUT2D eigenvalue weighted by Crippen LogP contribution is -2.35. The molecule has 0 atom stereocenters. The number of aromatic nitrogens is 1. The topological polar surface area (TPSA) is 33.2 Å². The first-order valence-electron chi connectivity index (χ1n) is 6.51. The van der Waals surface area contributed by atoms with Gasteiger partial charge in [-0.05, 0) is 37.3 Å². The van der Waals surface area contributed by atoms with Gasteiger partial charge in [0.15, 0.2) is 0 Å². The van der Waals surface area contributed by atoms with Crippen LogP contribution in [0.1, 0.15) is 43.6 Å². The molecule has 98 valence electrons. The maximum absolute atomic E-state index is 13.0. The number of nitrogens with zero attached hydrogens (tertiary/aromatic N) is 2. The highest BCUT2D eigenvalue weighted by atomic mass is 19.1. The van der Waals surface area contributed by atoms with E-state index in [-0.39, 0.29) is 11.6 Å². The van der Waals surface area contributed by atoms with Crippen molar-refractivity contribution in [1.29, 1.82) is 0 Å². The van der Waals surface area contributed by atoms with Crippen LogP contribution in [0.15, 0.2) is 18.2 Å². The van der Waals surface area contributed by atoms with Crippen LogP contribution in [-0.4, -0.2) is 28.4 Å². The third kappa shape index (κ3) is 3.28. The molecule has 0 spiro atoms. The fourth-order valence-corrected chi connectivity index (χ4v) is 1.91. The standard InChI is InChI=1S/C14H19FN2O/c1-10(2)8-9-17(11-6-7-11)14(18)12-4-3-5-13(15)16-12/h3-5,10-11H,6-9H2,1-2H3. The molecule has 1 aliphatic carbocycles. The Hall–Kier alpha value is -1.45. The highest BCUT2D eigenvalue weighted by Crippen LogP contribution is 2.28. The van der Waals surface area contributed by atoms with Crippen LogP contribution in [0.4, 0.5) is 4.39 Å². The number of hydrogen-bond acceptors (Lipinski definition) is 2. The Morgan fingerprint density at radius 1 is 1.50 bits per heavy atom. The van der Waals surface area contributed by atoms with Crippen LogP contribution in [0.3, 0.4) is 0 Å². The Balaban J connectivity index is 2.08. The van der Waals surface area contributed by atoms with Gasteiger partial charge >= 0.3 is 0 Å². The molecule has 0 saturated heterocycles. The highest BCUT2D eigenvalue weighted by molar-refractivity contribution is 5.92. The molecule has 1 saturated carbocycles. The van der Waals surface area contributed by atoms with Gasteiger partial charge in [-0.1, -0.05) is 19.9 Å². The molecule has 2 rings (SSSR count). The van der Waals surface area contributed by atoms with Crippen molar-refractivity contribution in [2.45, 2.75) is 39.2 Å². The van der Waals surface area contributed by atoms with Gasteiger partial charge in [0.25, 0.3) is 5.91 Å². The number of rotatable bonds is 5. The van der Waals surface area contributed by atoms with Crippen molar-refractivity contribution in [2.75, 3.05) is 6.54 Å². The molecule has 1 fully saturated rings. The van der Waals surface area contributed by atoms with Crippen LogP contribution in [-0.2, 0) is 0 Å². The lowest BCUT2D eigenvalue weighted by Gasteiger charge is -2.23. The molecular weight excluding hydrogens is 231 g/mol. The van der Waals surface area contributed by atoms with E-state index in [1.54, 1.807) is 6.07 Å². The van der Waals surface area contributed by atoms with Crippen molar-refractivity contribution in [1.82, 2.24) is 9.88 Å². The molecule has 4 heteroatoms. The van der Waals surface area contributed by atoms with Gasteiger partial charge < -0.3 is 4.90 Å². The van der Waals surface area contributed by atoms with Gasteiger partial charge in [0.2, 0.25) is 5.95 Å². The van der Waals surface area contributed by atoms with Crippen LogP contribution in [0.25, 0.3) is 0 Å². The number of amides is 1. The summed E-state index contributed by atoms with van der Waals surface area (Å²) in [6.07, 6.45) is 3.08. The monoisotopic (exact) mass is 250 g/mol. The molecule has 0 radical (unpaired) electrons. The summed E-state index contributed by atoms with van der Waals surface area (Å²) in [6, 6.07) is 4.70. The predicted octanol–water partition coefficient (Wildman–Crippen LogP) is 2.87. The second-order valence-electron chi connectivity index (χ2n) is 5.26. The summed E-state index contributed by atoms with van der Waals surface area (Å²) in [5.41, 5.74) is 0.214. The molecular formula is C14H19FN2O. The van der Waals surface area contributed by atoms with Gasteiger partial charge in [-0.3, -0.25) is 4.79 Å². The van der Waals surface area contributed by atoms with E-state index in [1.165, 1.54) is 12.1 Å². The van der Waals surface area contributed by atoms with Gasteiger partial charge in [-0.2, -0.15) is 4.39 Å². The van der Waals surface area contributed by atoms with E-state index >= 15 is 0 Å². The lowest BCUT2D eigenvalue weighted by molar-refractivity contribution is 0.0728. The van der Waals surface area contributed by atoms with E-state index in [2.05, 4.69) is 18.8 Å². The van der Waals surface area contributed by atoms with E-state index in [4.69, 9.17) is 0 Å². The fraction of sp³-hybridized carbons (Fsp3) is 0.571. The van der Waals surface area contributed by atoms with Crippen molar-refractivity contribution in [2.24, 2.45) is 5.92 Å². The first-order chi connectivity index (χ1) is 8.58. The summed E-state index contributed by atoms with van der Waals surface area (Å²) >= 11 is 0. The van der Waals surface area contributed by atoms with Gasteiger partial charge in [0.05, 0.1) is 0 Å². The largest absolute Gasteiger partial charge is 0.334 e. The minimum Gasteiger partial charge on any atom is -0.334 e. The van der Waals surface area contributed by atoms with Crippen LogP contribution >= 0.6 is 0 Å². The molecule has 1 heterocycles. The molecule has 1 aromatic rings. The van der Waals surface area contributed by atoms with E-state index in [9.17, 15) is 9.18 Å². The predicted molar refractivity (Wildman–Crippen MR) is 67.7 cm³/mol. The molecule has 0 bridgehead atoms. The van der Waals surface area contributed by atoms with Crippen LogP contribution in [0.5, 0.6) is 0 Å². The molecule has 0 aromatic carbocycles. The number of pyridine rings is 1. The summed E-state index contributed by atoms with van der Waals surface area (Å²) in [5.74, 6) is -0.183. The Labute approximate surface area is 107 Å². The average molecular weight is 250 g/mol. The molecule has 1 aromatic heterocycles. The molecule has 1 amide bonds. The van der Waals surface area contributed by atoms with Gasteiger partial charge in [-0.15, -0.1) is 0 Å². The second-order valence-corrected chi connectivity index (χ2v) is 5.26. The number of carbonyl (C=O) groups excluding carboxylic acids is 1. The van der Waals surface area contributed by atoms with E-state index < -0.39 is 5.95 Å². The normalized spacial score (nSPS) is 14.9. The number of halogens is 1. The van der Waals surface area contributed by atoms with Crippen LogP contribution in [0.2, 0.25) is 0 Å². The van der Waals surface area contributed by atoms with Crippen molar-refractivity contribution in [3.8, 4) is 0 Å². The minimum absolute atomic E-state index is 0.141. The van der Waals surface area contributed by atoms with Gasteiger partial charge in [-0.25, -0.2) is 4.98 Å². The van der Waals surface area contributed by atoms with Crippen molar-refractivity contribution in [3.05, 3.63) is 29.8 Å². The second kappa shape index (κ2) is 5.46. The van der Waals surface area contributed by atoms with E-state index in [1.807, 2.05) is 4.90 Å². The zero-order valence-corrected chi connectivity index (χ0v) is 10.9. The summed E-state index contributed by atoms with van der Waals surface area (Å²) in [4.78, 5) is 17.8. The zero-order chi connectivity index (χ0) is 13.1. The summed E-state index contributed by atoms with van der Waals surface area (Å²) in [5, 5.41) is 0. The third-order valence-corrected chi connectivity index (χ3v) is 3.13. The van der Waals surface area contributed by atoms with Gasteiger partial charge in [0, 0.05) is 12.6 Å². The van der Waals surface area contributed by atoms with Gasteiger partial charge in [0.1, 0.15) is 5.69 Å². The van der Waals surface area contributed by atoms with E-state index in [0.29, 0.717) is 12.0 Å². The maximum Gasteiger partial charge on any atom is 0.272 e. The molecule has 0 aliphatic heterocycles. The van der Waals surface area contributed by atoms with Crippen LogP contribution in [0, 0.1) is 11.9 Å². The maximum atomic E-state index is 13.0. The van der Waals surface area contributed by atoms with Crippen molar-refractivity contribution < 1.29 is 9.18 Å². The quantitative estimate of drug-likeness (QED) is 0.753. The molecule has 0 N–H and O–H groups in total. The Bertz CT molecular complexity index is 430. The highest BCUT2D eigenvalue weighted by Gasteiger charge is 2.33. The smallest absolute Gasteiger partial charge is 0.272 e. The Kier molecular flexibility index (Phi) is 3.94. The fourth-order valence-electron chi connectivity index (χ4n) is 1.91. The van der Waals surface area contributed by atoms with E-state index in [0.717, 1.165) is 25.8 Å². The molecule has 0 unspecified atom stereocenters. The average Bonchev–Trinajstić information content (AvgIpc) is 3.13. The molecule has 1 aliphatic rings. The Morgan fingerprint density at radius 2 is 2.22 bits per heavy atom. The number of hydrogen-bond donors (Lipinski definition) is 0. The zero-order valence-electron chi connectivity index (χ0n) is 10.9.